The molecule has 116 valence electrons. The fourth-order valence-electron chi connectivity index (χ4n) is 3.71. The van der Waals surface area contributed by atoms with E-state index in [1.807, 2.05) is 12.3 Å². The predicted molar refractivity (Wildman–Crippen MR) is 84.5 cm³/mol. The van der Waals surface area contributed by atoms with Crippen LogP contribution in [0.4, 0.5) is 5.82 Å². The smallest absolute Gasteiger partial charge is 0.259 e. The van der Waals surface area contributed by atoms with Gasteiger partial charge in [0.05, 0.1) is 5.56 Å². The Morgan fingerprint density at radius 2 is 2.23 bits per heavy atom. The summed E-state index contributed by atoms with van der Waals surface area (Å²) < 4.78 is 5.35. The first-order valence-electron chi connectivity index (χ1n) is 8.24. The average Bonchev–Trinajstić information content (AvgIpc) is 3.23. The molecular formula is C17H22N4O. The highest BCUT2D eigenvalue weighted by molar-refractivity contribution is 5.55. The largest absolute Gasteiger partial charge is 0.353 e. The molecule has 22 heavy (non-hydrogen) atoms. The highest BCUT2D eigenvalue weighted by atomic mass is 16.5. The first-order chi connectivity index (χ1) is 10.7. The van der Waals surface area contributed by atoms with E-state index in [1.54, 1.807) is 0 Å². The molecule has 0 spiro atoms. The Kier molecular flexibility index (Phi) is 3.36. The molecule has 1 aliphatic carbocycles. The SMILES string of the molecule is CC(C)Cc1noc(-c2ccc(N3C[C@H]4CC[C@H]3C4)nc2)n1. The first kappa shape index (κ1) is 13.7. The van der Waals surface area contributed by atoms with Crippen LogP contribution in [-0.2, 0) is 6.42 Å². The van der Waals surface area contributed by atoms with Crippen molar-refractivity contribution in [3.05, 3.63) is 24.2 Å². The summed E-state index contributed by atoms with van der Waals surface area (Å²) >= 11 is 0. The molecule has 0 amide bonds. The molecule has 2 aromatic heterocycles. The van der Waals surface area contributed by atoms with Gasteiger partial charge in [0.15, 0.2) is 5.82 Å². The first-order valence-corrected chi connectivity index (χ1v) is 8.24. The second-order valence-electron chi connectivity index (χ2n) is 7.00. The maximum Gasteiger partial charge on any atom is 0.259 e. The second-order valence-corrected chi connectivity index (χ2v) is 7.00. The van der Waals surface area contributed by atoms with Crippen molar-refractivity contribution >= 4 is 5.82 Å². The van der Waals surface area contributed by atoms with Crippen LogP contribution in [0.25, 0.3) is 11.5 Å². The van der Waals surface area contributed by atoms with Crippen molar-refractivity contribution in [2.45, 2.75) is 45.6 Å². The van der Waals surface area contributed by atoms with Gasteiger partial charge in [-0.05, 0) is 43.2 Å². The van der Waals surface area contributed by atoms with Gasteiger partial charge in [-0.15, -0.1) is 0 Å². The van der Waals surface area contributed by atoms with Crippen LogP contribution >= 0.6 is 0 Å². The van der Waals surface area contributed by atoms with Gasteiger partial charge < -0.3 is 9.42 Å². The highest BCUT2D eigenvalue weighted by Crippen LogP contribution is 2.39. The topological polar surface area (TPSA) is 55.1 Å². The van der Waals surface area contributed by atoms with Gasteiger partial charge in [-0.3, -0.25) is 0 Å². The van der Waals surface area contributed by atoms with Crippen LogP contribution in [0, 0.1) is 11.8 Å². The molecule has 2 aromatic rings. The van der Waals surface area contributed by atoms with Gasteiger partial charge in [-0.2, -0.15) is 4.98 Å². The fourth-order valence-corrected chi connectivity index (χ4v) is 3.71. The zero-order valence-electron chi connectivity index (χ0n) is 13.2. The summed E-state index contributed by atoms with van der Waals surface area (Å²) in [7, 11) is 0. The molecular weight excluding hydrogens is 276 g/mol. The van der Waals surface area contributed by atoms with Gasteiger partial charge in [-0.1, -0.05) is 19.0 Å². The van der Waals surface area contributed by atoms with Crippen molar-refractivity contribution in [2.24, 2.45) is 11.8 Å². The Morgan fingerprint density at radius 3 is 2.86 bits per heavy atom. The minimum absolute atomic E-state index is 0.525. The molecule has 1 saturated heterocycles. The van der Waals surface area contributed by atoms with Crippen LogP contribution in [0.15, 0.2) is 22.9 Å². The summed E-state index contributed by atoms with van der Waals surface area (Å²) in [4.78, 5) is 11.5. The molecule has 2 fully saturated rings. The van der Waals surface area contributed by atoms with Gasteiger partial charge in [0, 0.05) is 25.2 Å². The van der Waals surface area contributed by atoms with Gasteiger partial charge >= 0.3 is 0 Å². The second kappa shape index (κ2) is 5.38. The van der Waals surface area contributed by atoms with E-state index in [2.05, 4.69) is 39.9 Å². The third-order valence-corrected chi connectivity index (χ3v) is 4.76. The molecule has 0 radical (unpaired) electrons. The average molecular weight is 298 g/mol. The lowest BCUT2D eigenvalue weighted by Crippen LogP contribution is -2.32. The number of rotatable bonds is 4. The minimum Gasteiger partial charge on any atom is -0.353 e. The molecule has 5 heteroatoms. The van der Waals surface area contributed by atoms with Crippen molar-refractivity contribution in [2.75, 3.05) is 11.4 Å². The molecule has 3 heterocycles. The molecule has 2 bridgehead atoms. The standard InChI is InChI=1S/C17H22N4O/c1-11(2)7-15-19-17(22-20-15)13-4-6-16(18-9-13)21-10-12-3-5-14(21)8-12/h4,6,9,11-12,14H,3,5,7-8,10H2,1-2H3/t12-,14-/m0/s1. The number of pyridine rings is 1. The van der Waals surface area contributed by atoms with Crippen molar-refractivity contribution in [3.63, 3.8) is 0 Å². The molecule has 1 aliphatic heterocycles. The molecule has 0 N–H and O–H groups in total. The fraction of sp³-hybridized carbons (Fsp3) is 0.588. The summed E-state index contributed by atoms with van der Waals surface area (Å²) in [6, 6.07) is 4.83. The number of aromatic nitrogens is 3. The number of hydrogen-bond acceptors (Lipinski definition) is 5. The van der Waals surface area contributed by atoms with Gasteiger partial charge in [0.2, 0.25) is 0 Å². The normalized spacial score (nSPS) is 23.7. The van der Waals surface area contributed by atoms with Crippen molar-refractivity contribution in [1.29, 1.82) is 0 Å². The van der Waals surface area contributed by atoms with Gasteiger partial charge in [-0.25, -0.2) is 4.98 Å². The summed E-state index contributed by atoms with van der Waals surface area (Å²) in [5.41, 5.74) is 0.899. The van der Waals surface area contributed by atoms with E-state index in [-0.39, 0.29) is 0 Å². The summed E-state index contributed by atoms with van der Waals surface area (Å²) in [5, 5.41) is 4.04. The van der Waals surface area contributed by atoms with E-state index in [1.165, 1.54) is 19.3 Å². The minimum atomic E-state index is 0.525. The number of piperidine rings is 1. The third-order valence-electron chi connectivity index (χ3n) is 4.76. The number of hydrogen-bond donors (Lipinski definition) is 0. The Balaban J connectivity index is 1.51. The van der Waals surface area contributed by atoms with Crippen LogP contribution in [0.3, 0.4) is 0 Å². The molecule has 4 rings (SSSR count). The number of fused-ring (bicyclic) bond motifs is 2. The Bertz CT molecular complexity index is 649. The molecule has 2 aliphatic rings. The zero-order valence-corrected chi connectivity index (χ0v) is 13.2. The Morgan fingerprint density at radius 1 is 1.32 bits per heavy atom. The number of anilines is 1. The van der Waals surface area contributed by atoms with E-state index >= 15 is 0 Å². The molecule has 2 atom stereocenters. The lowest BCUT2D eigenvalue weighted by molar-refractivity contribution is 0.417. The van der Waals surface area contributed by atoms with E-state index in [0.29, 0.717) is 17.9 Å². The van der Waals surface area contributed by atoms with E-state index in [0.717, 1.165) is 36.1 Å². The van der Waals surface area contributed by atoms with Crippen LogP contribution < -0.4 is 4.90 Å². The molecule has 0 unspecified atom stereocenters. The quantitative estimate of drug-likeness (QED) is 0.866. The van der Waals surface area contributed by atoms with Crippen LogP contribution in [-0.4, -0.2) is 27.7 Å². The number of nitrogens with zero attached hydrogens (tertiary/aromatic N) is 4. The van der Waals surface area contributed by atoms with E-state index in [4.69, 9.17) is 4.52 Å². The highest BCUT2D eigenvalue weighted by Gasteiger charge is 2.38. The third kappa shape index (κ3) is 2.49. The van der Waals surface area contributed by atoms with Crippen molar-refractivity contribution in [3.8, 4) is 11.5 Å². The van der Waals surface area contributed by atoms with E-state index in [9.17, 15) is 0 Å². The van der Waals surface area contributed by atoms with Crippen molar-refractivity contribution in [1.82, 2.24) is 15.1 Å². The maximum atomic E-state index is 5.35. The molecule has 0 aromatic carbocycles. The summed E-state index contributed by atoms with van der Waals surface area (Å²) in [5.74, 6) is 3.82. The van der Waals surface area contributed by atoms with Crippen LogP contribution in [0.1, 0.15) is 38.9 Å². The Hall–Kier alpha value is -1.91. The monoisotopic (exact) mass is 298 g/mol. The van der Waals surface area contributed by atoms with Crippen molar-refractivity contribution < 1.29 is 4.52 Å². The lowest BCUT2D eigenvalue weighted by Gasteiger charge is -2.27. The molecule has 1 saturated carbocycles. The van der Waals surface area contributed by atoms with E-state index < -0.39 is 0 Å². The lowest BCUT2D eigenvalue weighted by atomic mass is 10.1. The van der Waals surface area contributed by atoms with Crippen LogP contribution in [0.5, 0.6) is 0 Å². The Labute approximate surface area is 130 Å². The summed E-state index contributed by atoms with van der Waals surface area (Å²) in [6.07, 6.45) is 6.74. The zero-order chi connectivity index (χ0) is 15.1. The molecule has 5 nitrogen and oxygen atoms in total. The predicted octanol–water partition coefficient (Wildman–Crippen LogP) is 3.32. The maximum absolute atomic E-state index is 5.35. The van der Waals surface area contributed by atoms with Gasteiger partial charge in [0.25, 0.3) is 5.89 Å². The van der Waals surface area contributed by atoms with Gasteiger partial charge in [0.1, 0.15) is 5.82 Å². The van der Waals surface area contributed by atoms with Crippen LogP contribution in [0.2, 0.25) is 0 Å². The summed E-state index contributed by atoms with van der Waals surface area (Å²) in [6.45, 7) is 5.46.